The maximum Gasteiger partial charge on any atom is 0.318 e. The van der Waals surface area contributed by atoms with Gasteiger partial charge < -0.3 is 11.5 Å². The number of hydrogen-bond acceptors (Lipinski definition) is 4. The second-order valence-corrected chi connectivity index (χ2v) is 4.92. The molecule has 1 unspecified atom stereocenters. The Balaban J connectivity index is 2.76. The largest absolute Gasteiger partial charge is 0.399 e. The van der Waals surface area contributed by atoms with Gasteiger partial charge in [0.2, 0.25) is 5.91 Å². The van der Waals surface area contributed by atoms with Gasteiger partial charge in [-0.15, -0.1) is 0 Å². The van der Waals surface area contributed by atoms with E-state index in [1.165, 1.54) is 18.2 Å². The fourth-order valence-electron chi connectivity index (χ4n) is 1.07. The van der Waals surface area contributed by atoms with E-state index in [9.17, 15) is 13.8 Å². The molecule has 1 rings (SSSR count). The smallest absolute Gasteiger partial charge is 0.318 e. The number of benzene rings is 1. The highest BCUT2D eigenvalue weighted by Gasteiger charge is 2.14. The Labute approximate surface area is 105 Å². The molecule has 0 aliphatic rings. The zero-order valence-corrected chi connectivity index (χ0v) is 10.2. The number of urea groups is 1. The Bertz CT molecular complexity index is 492. The Morgan fingerprint density at radius 3 is 2.59 bits per heavy atom. The van der Waals surface area contributed by atoms with Crippen molar-refractivity contribution in [1.82, 2.24) is 5.32 Å². The summed E-state index contributed by atoms with van der Waals surface area (Å²) in [5.41, 5.74) is 10.6. The molecule has 1 aromatic carbocycles. The second-order valence-electron chi connectivity index (χ2n) is 3.09. The molecule has 0 aliphatic heterocycles. The third-order valence-corrected chi connectivity index (χ3v) is 3.52. The van der Waals surface area contributed by atoms with Crippen molar-refractivity contribution in [1.29, 1.82) is 0 Å². The molecule has 0 saturated heterocycles. The first kappa shape index (κ1) is 13.5. The molecular weight excluding hydrogens is 266 g/mol. The average Bonchev–Trinajstić information content (AvgIpc) is 2.15. The van der Waals surface area contributed by atoms with Crippen LogP contribution in [0.25, 0.3) is 0 Å². The summed E-state index contributed by atoms with van der Waals surface area (Å²) >= 11 is 5.82. The van der Waals surface area contributed by atoms with Crippen LogP contribution < -0.4 is 16.8 Å². The number of primary amides is 1. The van der Waals surface area contributed by atoms with Crippen LogP contribution in [0, 0.1) is 0 Å². The predicted octanol–water partition coefficient (Wildman–Crippen LogP) is 0.225. The summed E-state index contributed by atoms with van der Waals surface area (Å²) < 4.78 is 11.7. The van der Waals surface area contributed by atoms with E-state index in [1.807, 2.05) is 5.32 Å². The zero-order chi connectivity index (χ0) is 13.0. The van der Waals surface area contributed by atoms with Gasteiger partial charge in [-0.1, -0.05) is 11.6 Å². The van der Waals surface area contributed by atoms with Crippen molar-refractivity contribution < 1.29 is 13.8 Å². The Morgan fingerprint density at radius 1 is 1.41 bits per heavy atom. The highest BCUT2D eigenvalue weighted by atomic mass is 35.5. The van der Waals surface area contributed by atoms with Gasteiger partial charge in [-0.3, -0.25) is 14.3 Å². The minimum absolute atomic E-state index is 0.204. The number of carbonyl (C=O) groups is 2. The fourth-order valence-corrected chi connectivity index (χ4v) is 2.48. The van der Waals surface area contributed by atoms with Gasteiger partial charge in [-0.25, -0.2) is 4.79 Å². The lowest BCUT2D eigenvalue weighted by atomic mass is 10.3. The molecule has 0 fully saturated rings. The first-order chi connectivity index (χ1) is 7.90. The summed E-state index contributed by atoms with van der Waals surface area (Å²) in [5, 5.41) is 2.02. The quantitative estimate of drug-likeness (QED) is 0.685. The van der Waals surface area contributed by atoms with Crippen LogP contribution in [0.5, 0.6) is 0 Å². The van der Waals surface area contributed by atoms with Crippen LogP contribution in [0.3, 0.4) is 0 Å². The maximum absolute atomic E-state index is 11.7. The van der Waals surface area contributed by atoms with Crippen molar-refractivity contribution in [3.05, 3.63) is 23.2 Å². The van der Waals surface area contributed by atoms with Crippen molar-refractivity contribution >= 4 is 40.0 Å². The van der Waals surface area contributed by atoms with Crippen molar-refractivity contribution in [2.24, 2.45) is 5.73 Å². The molecule has 1 atom stereocenters. The molecule has 5 N–H and O–H groups in total. The molecule has 0 saturated carbocycles. The lowest BCUT2D eigenvalue weighted by molar-refractivity contribution is -0.117. The highest BCUT2D eigenvalue weighted by Crippen LogP contribution is 2.22. The van der Waals surface area contributed by atoms with E-state index in [2.05, 4.69) is 0 Å². The van der Waals surface area contributed by atoms with Crippen LogP contribution in [0.2, 0.25) is 5.02 Å². The summed E-state index contributed by atoms with van der Waals surface area (Å²) in [7, 11) is -1.66. The van der Waals surface area contributed by atoms with E-state index in [1.54, 1.807) is 0 Å². The molecule has 6 nitrogen and oxygen atoms in total. The topological polar surface area (TPSA) is 115 Å². The normalized spacial score (nSPS) is 11.8. The molecule has 0 aliphatic carbocycles. The lowest BCUT2D eigenvalue weighted by Gasteiger charge is -2.05. The molecule has 0 radical (unpaired) electrons. The number of anilines is 1. The number of nitrogens with two attached hydrogens (primary N) is 2. The second kappa shape index (κ2) is 5.65. The number of nitrogen functional groups attached to an aromatic ring is 1. The fraction of sp³-hybridized carbons (Fsp3) is 0.111. The van der Waals surface area contributed by atoms with Gasteiger partial charge >= 0.3 is 6.03 Å². The minimum Gasteiger partial charge on any atom is -0.399 e. The number of rotatable bonds is 3. The van der Waals surface area contributed by atoms with Crippen molar-refractivity contribution in [2.75, 3.05) is 11.5 Å². The molecule has 3 amide bonds. The van der Waals surface area contributed by atoms with Gasteiger partial charge in [0, 0.05) is 5.69 Å². The van der Waals surface area contributed by atoms with Crippen molar-refractivity contribution in [3.63, 3.8) is 0 Å². The predicted molar refractivity (Wildman–Crippen MR) is 64.9 cm³/mol. The van der Waals surface area contributed by atoms with E-state index in [0.717, 1.165) is 0 Å². The first-order valence-electron chi connectivity index (χ1n) is 4.43. The van der Waals surface area contributed by atoms with Gasteiger partial charge in [0.05, 0.1) is 20.7 Å². The molecule has 8 heteroatoms. The molecule has 0 spiro atoms. The summed E-state index contributed by atoms with van der Waals surface area (Å²) in [6.45, 7) is 0. The van der Waals surface area contributed by atoms with E-state index < -0.39 is 28.5 Å². The van der Waals surface area contributed by atoms with E-state index in [4.69, 9.17) is 23.1 Å². The number of carbonyl (C=O) groups excluding carboxylic acids is 2. The molecule has 1 aromatic rings. The SMILES string of the molecule is NC(=O)NC(=O)CS(=O)c1ccc(N)cc1Cl. The van der Waals surface area contributed by atoms with Gasteiger partial charge in [-0.05, 0) is 18.2 Å². The maximum atomic E-state index is 11.7. The highest BCUT2D eigenvalue weighted by molar-refractivity contribution is 7.85. The number of imide groups is 1. The standard InChI is InChI=1S/C9H10ClN3O3S/c10-6-3-5(11)1-2-7(6)17(16)4-8(14)13-9(12)15/h1-3H,4,11H2,(H3,12,13,14,15). The van der Waals surface area contributed by atoms with Crippen LogP contribution in [0.1, 0.15) is 0 Å². The van der Waals surface area contributed by atoms with Gasteiger partial charge in [0.25, 0.3) is 0 Å². The third-order valence-electron chi connectivity index (χ3n) is 1.73. The number of amides is 3. The summed E-state index contributed by atoms with van der Waals surface area (Å²) in [6, 6.07) is 3.42. The van der Waals surface area contributed by atoms with Gasteiger partial charge in [0.15, 0.2) is 0 Å². The van der Waals surface area contributed by atoms with E-state index in [-0.39, 0.29) is 9.92 Å². The van der Waals surface area contributed by atoms with Crippen LogP contribution in [0.4, 0.5) is 10.5 Å². The van der Waals surface area contributed by atoms with Gasteiger partial charge in [0.1, 0.15) is 5.75 Å². The molecule has 0 bridgehead atoms. The van der Waals surface area contributed by atoms with Crippen molar-refractivity contribution in [2.45, 2.75) is 4.90 Å². The molecule has 0 aromatic heterocycles. The monoisotopic (exact) mass is 275 g/mol. The van der Waals surface area contributed by atoms with Crippen LogP contribution in [-0.2, 0) is 15.6 Å². The lowest BCUT2D eigenvalue weighted by Crippen LogP contribution is -2.37. The Morgan fingerprint density at radius 2 is 2.06 bits per heavy atom. The van der Waals surface area contributed by atoms with Gasteiger partial charge in [-0.2, -0.15) is 0 Å². The number of hydrogen-bond donors (Lipinski definition) is 3. The minimum atomic E-state index is -1.66. The summed E-state index contributed by atoms with van der Waals surface area (Å²) in [4.78, 5) is 21.8. The molecule has 0 heterocycles. The molecule has 17 heavy (non-hydrogen) atoms. The third kappa shape index (κ3) is 4.04. The summed E-state index contributed by atoms with van der Waals surface area (Å²) in [6.07, 6.45) is 0. The van der Waals surface area contributed by atoms with Crippen LogP contribution in [-0.4, -0.2) is 21.9 Å². The number of nitrogens with one attached hydrogen (secondary N) is 1. The van der Waals surface area contributed by atoms with E-state index in [0.29, 0.717) is 5.69 Å². The van der Waals surface area contributed by atoms with Crippen LogP contribution >= 0.6 is 11.6 Å². The number of halogens is 1. The first-order valence-corrected chi connectivity index (χ1v) is 6.12. The van der Waals surface area contributed by atoms with Crippen LogP contribution in [0.15, 0.2) is 23.1 Å². The molecular formula is C9H10ClN3O3S. The van der Waals surface area contributed by atoms with E-state index >= 15 is 0 Å². The average molecular weight is 276 g/mol. The Kier molecular flexibility index (Phi) is 4.47. The zero-order valence-electron chi connectivity index (χ0n) is 8.60. The summed E-state index contributed by atoms with van der Waals surface area (Å²) in [5.74, 6) is -1.13. The molecule has 92 valence electrons. The van der Waals surface area contributed by atoms with Crippen molar-refractivity contribution in [3.8, 4) is 0 Å². The Hall–Kier alpha value is -1.60.